The van der Waals surface area contributed by atoms with E-state index in [2.05, 4.69) is 22.4 Å². The molecule has 0 saturated carbocycles. The molecule has 128 valence electrons. The number of nitrogens with one attached hydrogen (secondary N) is 1. The monoisotopic (exact) mass is 332 g/mol. The number of rotatable bonds is 3. The Hall–Kier alpha value is -1.84. The average Bonchev–Trinajstić information content (AvgIpc) is 2.46. The van der Waals surface area contributed by atoms with Crippen molar-refractivity contribution in [2.75, 3.05) is 32.7 Å². The molecule has 23 heavy (non-hydrogen) atoms. The Labute approximate surface area is 132 Å². The first-order valence-corrected chi connectivity index (χ1v) is 7.28. The second-order valence-electron chi connectivity index (χ2n) is 5.76. The summed E-state index contributed by atoms with van der Waals surface area (Å²) in [5.74, 6) is -1.91. The Balaban J connectivity index is 0.000000322. The maximum Gasteiger partial charge on any atom is 0.490 e. The molecule has 0 aromatic rings. The van der Waals surface area contributed by atoms with E-state index in [9.17, 15) is 13.2 Å². The van der Waals surface area contributed by atoms with E-state index in [1.165, 1.54) is 6.42 Å². The SMILES string of the molecule is N#CC1(C#N)CCN(CCC2CNC2)CC1.O=C(O)C(F)(F)F. The summed E-state index contributed by atoms with van der Waals surface area (Å²) in [4.78, 5) is 11.3. The average molecular weight is 332 g/mol. The Bertz CT molecular complexity index is 468. The van der Waals surface area contributed by atoms with Crippen molar-refractivity contribution in [3.05, 3.63) is 0 Å². The van der Waals surface area contributed by atoms with Crippen LogP contribution < -0.4 is 5.32 Å². The Kier molecular flexibility index (Phi) is 6.79. The molecule has 0 amide bonds. The second kappa shape index (κ2) is 8.14. The molecule has 0 spiro atoms. The predicted octanol–water partition coefficient (Wildman–Crippen LogP) is 1.36. The van der Waals surface area contributed by atoms with Crippen molar-refractivity contribution in [3.8, 4) is 12.1 Å². The maximum atomic E-state index is 10.6. The molecule has 0 aliphatic carbocycles. The van der Waals surface area contributed by atoms with Gasteiger partial charge in [0.05, 0.1) is 12.1 Å². The summed E-state index contributed by atoms with van der Waals surface area (Å²) in [7, 11) is 0. The highest BCUT2D eigenvalue weighted by molar-refractivity contribution is 5.73. The van der Waals surface area contributed by atoms with E-state index in [1.54, 1.807) is 0 Å². The third kappa shape index (κ3) is 6.05. The van der Waals surface area contributed by atoms with Crippen LogP contribution in [0.2, 0.25) is 0 Å². The fourth-order valence-electron chi connectivity index (χ4n) is 2.32. The van der Waals surface area contributed by atoms with Crippen LogP contribution in [-0.4, -0.2) is 54.9 Å². The fraction of sp³-hybridized carbons (Fsp3) is 0.786. The van der Waals surface area contributed by atoms with Crippen LogP contribution in [-0.2, 0) is 4.79 Å². The van der Waals surface area contributed by atoms with Crippen LogP contribution in [0.4, 0.5) is 13.2 Å². The first-order valence-electron chi connectivity index (χ1n) is 7.28. The van der Waals surface area contributed by atoms with Crippen LogP contribution in [0.25, 0.3) is 0 Å². The van der Waals surface area contributed by atoms with E-state index in [0.29, 0.717) is 12.8 Å². The number of halogens is 3. The lowest BCUT2D eigenvalue weighted by molar-refractivity contribution is -0.192. The first-order chi connectivity index (χ1) is 10.7. The predicted molar refractivity (Wildman–Crippen MR) is 74.0 cm³/mol. The standard InChI is InChI=1S/C12H18N4.C2HF3O2/c13-9-12(10-14)2-5-16(6-3-12)4-1-11-7-15-8-11;3-2(4,5)1(6)7/h11,15H,1-8H2;(H,6,7). The van der Waals surface area contributed by atoms with Crippen LogP contribution in [0, 0.1) is 34.0 Å². The molecular formula is C14H19F3N4O2. The molecule has 2 rings (SSSR count). The molecule has 2 heterocycles. The van der Waals surface area contributed by atoms with Gasteiger partial charge in [0.2, 0.25) is 0 Å². The van der Waals surface area contributed by atoms with E-state index < -0.39 is 17.6 Å². The summed E-state index contributed by atoms with van der Waals surface area (Å²) in [5, 5.41) is 28.4. The van der Waals surface area contributed by atoms with Gasteiger partial charge in [0.1, 0.15) is 5.41 Å². The third-order valence-corrected chi connectivity index (χ3v) is 4.10. The van der Waals surface area contributed by atoms with Gasteiger partial charge in [-0.05, 0) is 44.8 Å². The van der Waals surface area contributed by atoms with Crippen LogP contribution in [0.3, 0.4) is 0 Å². The minimum atomic E-state index is -5.08. The smallest absolute Gasteiger partial charge is 0.475 e. The van der Waals surface area contributed by atoms with Gasteiger partial charge < -0.3 is 15.3 Å². The number of hydrogen-bond acceptors (Lipinski definition) is 5. The minimum absolute atomic E-state index is 0.700. The second-order valence-corrected chi connectivity index (χ2v) is 5.76. The molecule has 0 aromatic heterocycles. The zero-order valence-corrected chi connectivity index (χ0v) is 12.6. The van der Waals surface area contributed by atoms with E-state index >= 15 is 0 Å². The lowest BCUT2D eigenvalue weighted by Gasteiger charge is -2.35. The van der Waals surface area contributed by atoms with E-state index in [4.69, 9.17) is 20.4 Å². The van der Waals surface area contributed by atoms with Crippen molar-refractivity contribution < 1.29 is 23.1 Å². The number of likely N-dealkylation sites (tertiary alicyclic amines) is 1. The molecular weight excluding hydrogens is 313 g/mol. The van der Waals surface area contributed by atoms with Gasteiger partial charge in [0.25, 0.3) is 0 Å². The molecule has 2 aliphatic heterocycles. The molecule has 0 radical (unpaired) electrons. The van der Waals surface area contributed by atoms with Gasteiger partial charge in [-0.2, -0.15) is 23.7 Å². The van der Waals surface area contributed by atoms with Crippen LogP contribution in [0.5, 0.6) is 0 Å². The number of aliphatic carboxylic acids is 1. The molecule has 0 unspecified atom stereocenters. The minimum Gasteiger partial charge on any atom is -0.475 e. The summed E-state index contributed by atoms with van der Waals surface area (Å²) in [6.45, 7) is 5.25. The number of carboxylic acid groups (broad SMARTS) is 1. The van der Waals surface area contributed by atoms with Crippen molar-refractivity contribution in [1.29, 1.82) is 10.5 Å². The van der Waals surface area contributed by atoms with Crippen LogP contribution in [0.15, 0.2) is 0 Å². The molecule has 2 fully saturated rings. The van der Waals surface area contributed by atoms with Crippen molar-refractivity contribution in [2.45, 2.75) is 25.4 Å². The summed E-state index contributed by atoms with van der Waals surface area (Å²) in [6, 6.07) is 4.35. The number of piperidine rings is 1. The van der Waals surface area contributed by atoms with E-state index in [-0.39, 0.29) is 0 Å². The number of carboxylic acids is 1. The zero-order chi connectivity index (χ0) is 17.5. The van der Waals surface area contributed by atoms with Gasteiger partial charge in [0, 0.05) is 13.1 Å². The van der Waals surface area contributed by atoms with Gasteiger partial charge in [0.15, 0.2) is 0 Å². The lowest BCUT2D eigenvalue weighted by Crippen LogP contribution is -2.45. The Morgan fingerprint density at radius 1 is 1.26 bits per heavy atom. The molecule has 2 aliphatic rings. The van der Waals surface area contributed by atoms with Gasteiger partial charge in [-0.25, -0.2) is 4.79 Å². The number of nitriles is 2. The normalized spacial score (nSPS) is 21.1. The molecule has 2 saturated heterocycles. The van der Waals surface area contributed by atoms with Gasteiger partial charge >= 0.3 is 12.1 Å². The summed E-state index contributed by atoms with van der Waals surface area (Å²) in [6.07, 6.45) is -2.41. The maximum absolute atomic E-state index is 10.6. The molecule has 9 heteroatoms. The highest BCUT2D eigenvalue weighted by Gasteiger charge is 2.38. The van der Waals surface area contributed by atoms with E-state index in [0.717, 1.165) is 38.6 Å². The zero-order valence-electron chi connectivity index (χ0n) is 12.6. The molecule has 0 atom stereocenters. The van der Waals surface area contributed by atoms with E-state index in [1.807, 2.05) is 0 Å². The molecule has 2 N–H and O–H groups in total. The first kappa shape index (κ1) is 19.2. The lowest BCUT2D eigenvalue weighted by atomic mass is 9.81. The van der Waals surface area contributed by atoms with Crippen LogP contribution in [0.1, 0.15) is 19.3 Å². The van der Waals surface area contributed by atoms with Gasteiger partial charge in [-0.15, -0.1) is 0 Å². The fourth-order valence-corrected chi connectivity index (χ4v) is 2.32. The highest BCUT2D eigenvalue weighted by atomic mass is 19.4. The number of carbonyl (C=O) groups is 1. The Morgan fingerprint density at radius 2 is 1.74 bits per heavy atom. The number of nitrogens with zero attached hydrogens (tertiary/aromatic N) is 3. The highest BCUT2D eigenvalue weighted by Crippen LogP contribution is 2.30. The molecule has 0 bridgehead atoms. The summed E-state index contributed by atoms with van der Waals surface area (Å²) < 4.78 is 31.7. The summed E-state index contributed by atoms with van der Waals surface area (Å²) in [5.41, 5.74) is -0.700. The topological polar surface area (TPSA) is 100 Å². The Morgan fingerprint density at radius 3 is 2.04 bits per heavy atom. The van der Waals surface area contributed by atoms with Gasteiger partial charge in [-0.1, -0.05) is 0 Å². The third-order valence-electron chi connectivity index (χ3n) is 4.10. The number of alkyl halides is 3. The largest absolute Gasteiger partial charge is 0.490 e. The van der Waals surface area contributed by atoms with Crippen molar-refractivity contribution in [1.82, 2.24) is 10.2 Å². The van der Waals surface area contributed by atoms with Crippen LogP contribution >= 0.6 is 0 Å². The quantitative estimate of drug-likeness (QED) is 0.809. The molecule has 6 nitrogen and oxygen atoms in total. The van der Waals surface area contributed by atoms with Gasteiger partial charge in [-0.3, -0.25) is 0 Å². The molecule has 0 aromatic carbocycles. The van der Waals surface area contributed by atoms with Crippen molar-refractivity contribution in [3.63, 3.8) is 0 Å². The summed E-state index contributed by atoms with van der Waals surface area (Å²) >= 11 is 0. The van der Waals surface area contributed by atoms with Crippen molar-refractivity contribution >= 4 is 5.97 Å². The number of hydrogen-bond donors (Lipinski definition) is 2. The van der Waals surface area contributed by atoms with Crippen molar-refractivity contribution in [2.24, 2.45) is 11.3 Å².